The molecule has 0 spiro atoms. The van der Waals surface area contributed by atoms with E-state index in [1.54, 1.807) is 18.2 Å². The molecule has 1 aliphatic heterocycles. The van der Waals surface area contributed by atoms with Crippen LogP contribution in [0.2, 0.25) is 10.0 Å². The lowest BCUT2D eigenvalue weighted by molar-refractivity contribution is -0.131. The van der Waals surface area contributed by atoms with Crippen molar-refractivity contribution in [2.45, 2.75) is 32.6 Å². The van der Waals surface area contributed by atoms with Crippen LogP contribution in [0.4, 0.5) is 0 Å². The molecule has 128 valence electrons. The molecular formula is C17H19Cl2N3O2. The Morgan fingerprint density at radius 3 is 2.54 bits per heavy atom. The van der Waals surface area contributed by atoms with E-state index >= 15 is 0 Å². The molecule has 7 heteroatoms. The Morgan fingerprint density at radius 2 is 1.88 bits per heavy atom. The first-order chi connectivity index (χ1) is 11.5. The van der Waals surface area contributed by atoms with E-state index in [1.807, 2.05) is 11.8 Å². The molecule has 1 amide bonds. The SMILES string of the molecule is Cc1n[nH]c(CC(=O)N2CCCCC2)c1Oc1cc(Cl)cc(Cl)c1. The van der Waals surface area contributed by atoms with Gasteiger partial charge in [-0.2, -0.15) is 5.10 Å². The van der Waals surface area contributed by atoms with Crippen LogP contribution in [0.25, 0.3) is 0 Å². The van der Waals surface area contributed by atoms with Crippen molar-refractivity contribution >= 4 is 29.1 Å². The summed E-state index contributed by atoms with van der Waals surface area (Å²) in [4.78, 5) is 14.4. The molecule has 0 unspecified atom stereocenters. The first kappa shape index (κ1) is 17.1. The van der Waals surface area contributed by atoms with Crippen LogP contribution in [0.3, 0.4) is 0 Å². The van der Waals surface area contributed by atoms with Crippen molar-refractivity contribution in [3.05, 3.63) is 39.6 Å². The van der Waals surface area contributed by atoms with Gasteiger partial charge in [0.2, 0.25) is 5.91 Å². The van der Waals surface area contributed by atoms with Gasteiger partial charge in [0.15, 0.2) is 5.75 Å². The summed E-state index contributed by atoms with van der Waals surface area (Å²) in [5.74, 6) is 1.16. The largest absolute Gasteiger partial charge is 0.453 e. The van der Waals surface area contributed by atoms with Gasteiger partial charge in [0.05, 0.1) is 12.1 Å². The maximum Gasteiger partial charge on any atom is 0.228 e. The normalized spacial score (nSPS) is 14.7. The number of ether oxygens (including phenoxy) is 1. The average Bonchev–Trinajstić information content (AvgIpc) is 2.88. The summed E-state index contributed by atoms with van der Waals surface area (Å²) in [6, 6.07) is 4.99. The van der Waals surface area contributed by atoms with Gasteiger partial charge in [0.25, 0.3) is 0 Å². The summed E-state index contributed by atoms with van der Waals surface area (Å²) in [5.41, 5.74) is 1.35. The Balaban J connectivity index is 1.77. The molecule has 1 aromatic carbocycles. The van der Waals surface area contributed by atoms with Crippen LogP contribution < -0.4 is 4.74 Å². The van der Waals surface area contributed by atoms with Crippen LogP contribution in [-0.2, 0) is 11.2 Å². The Morgan fingerprint density at radius 1 is 1.21 bits per heavy atom. The van der Waals surface area contributed by atoms with Crippen molar-refractivity contribution < 1.29 is 9.53 Å². The van der Waals surface area contributed by atoms with Gasteiger partial charge < -0.3 is 9.64 Å². The van der Waals surface area contributed by atoms with Crippen LogP contribution in [0.5, 0.6) is 11.5 Å². The molecule has 0 bridgehead atoms. The first-order valence-electron chi connectivity index (χ1n) is 7.98. The number of aryl methyl sites for hydroxylation is 1. The van der Waals surface area contributed by atoms with Crippen LogP contribution in [-0.4, -0.2) is 34.1 Å². The van der Waals surface area contributed by atoms with E-state index in [0.29, 0.717) is 32.9 Å². The number of hydrogen-bond acceptors (Lipinski definition) is 3. The molecule has 1 fully saturated rings. The summed E-state index contributed by atoms with van der Waals surface area (Å²) in [5, 5.41) is 8.05. The predicted molar refractivity (Wildman–Crippen MR) is 94.0 cm³/mol. The topological polar surface area (TPSA) is 58.2 Å². The second-order valence-electron chi connectivity index (χ2n) is 5.94. The molecule has 0 atom stereocenters. The van der Waals surface area contributed by atoms with Crippen molar-refractivity contribution in [2.75, 3.05) is 13.1 Å². The highest BCUT2D eigenvalue weighted by Crippen LogP contribution is 2.31. The third kappa shape index (κ3) is 4.02. The molecule has 0 aliphatic carbocycles. The van der Waals surface area contributed by atoms with Crippen molar-refractivity contribution in [1.29, 1.82) is 0 Å². The molecular weight excluding hydrogens is 349 g/mol. The summed E-state index contributed by atoms with van der Waals surface area (Å²) < 4.78 is 5.90. The predicted octanol–water partition coefficient (Wildman–Crippen LogP) is 4.37. The molecule has 5 nitrogen and oxygen atoms in total. The third-order valence-electron chi connectivity index (χ3n) is 4.05. The average molecular weight is 368 g/mol. The van der Waals surface area contributed by atoms with Crippen molar-refractivity contribution in [3.8, 4) is 11.5 Å². The zero-order valence-corrected chi connectivity index (χ0v) is 15.0. The number of nitrogens with zero attached hydrogens (tertiary/aromatic N) is 2. The minimum Gasteiger partial charge on any atom is -0.453 e. The molecule has 2 heterocycles. The number of benzene rings is 1. The van der Waals surface area contributed by atoms with Crippen LogP contribution in [0, 0.1) is 6.92 Å². The number of piperidine rings is 1. The third-order valence-corrected chi connectivity index (χ3v) is 4.49. The van der Waals surface area contributed by atoms with Crippen molar-refractivity contribution in [1.82, 2.24) is 15.1 Å². The zero-order chi connectivity index (χ0) is 17.1. The van der Waals surface area contributed by atoms with Crippen LogP contribution in [0.15, 0.2) is 18.2 Å². The van der Waals surface area contributed by atoms with Gasteiger partial charge in [-0.3, -0.25) is 9.89 Å². The van der Waals surface area contributed by atoms with Crippen molar-refractivity contribution in [3.63, 3.8) is 0 Å². The fourth-order valence-corrected chi connectivity index (χ4v) is 3.34. The Labute approximate surface area is 150 Å². The van der Waals surface area contributed by atoms with E-state index in [0.717, 1.165) is 25.9 Å². The molecule has 0 saturated carbocycles. The van der Waals surface area contributed by atoms with Crippen LogP contribution in [0.1, 0.15) is 30.7 Å². The van der Waals surface area contributed by atoms with Crippen molar-refractivity contribution in [2.24, 2.45) is 0 Å². The number of nitrogens with one attached hydrogen (secondary N) is 1. The fourth-order valence-electron chi connectivity index (χ4n) is 2.84. The molecule has 1 aliphatic rings. The van der Waals surface area contributed by atoms with Gasteiger partial charge in [-0.15, -0.1) is 0 Å². The summed E-state index contributed by atoms with van der Waals surface area (Å²) in [6.07, 6.45) is 3.57. The molecule has 3 rings (SSSR count). The number of carbonyl (C=O) groups excluding carboxylic acids is 1. The van der Waals surface area contributed by atoms with E-state index in [9.17, 15) is 4.79 Å². The number of aromatic nitrogens is 2. The second-order valence-corrected chi connectivity index (χ2v) is 6.82. The Kier molecular flexibility index (Phi) is 5.31. The number of hydrogen-bond donors (Lipinski definition) is 1. The Hall–Kier alpha value is -1.72. The molecule has 0 radical (unpaired) electrons. The van der Waals surface area contributed by atoms with Gasteiger partial charge in [0, 0.05) is 23.1 Å². The minimum absolute atomic E-state index is 0.0901. The number of halogens is 2. The molecule has 1 aromatic heterocycles. The van der Waals surface area contributed by atoms with E-state index in [-0.39, 0.29) is 12.3 Å². The van der Waals surface area contributed by atoms with Gasteiger partial charge in [0.1, 0.15) is 11.4 Å². The second kappa shape index (κ2) is 7.45. The summed E-state index contributed by atoms with van der Waals surface area (Å²) in [7, 11) is 0. The lowest BCUT2D eigenvalue weighted by Crippen LogP contribution is -2.36. The zero-order valence-electron chi connectivity index (χ0n) is 13.4. The van der Waals surface area contributed by atoms with E-state index in [4.69, 9.17) is 27.9 Å². The number of rotatable bonds is 4. The minimum atomic E-state index is 0.0901. The lowest BCUT2D eigenvalue weighted by atomic mass is 10.1. The quantitative estimate of drug-likeness (QED) is 0.872. The number of likely N-dealkylation sites (tertiary alicyclic amines) is 1. The highest BCUT2D eigenvalue weighted by atomic mass is 35.5. The summed E-state index contributed by atoms with van der Waals surface area (Å²) >= 11 is 12.0. The Bertz CT molecular complexity index is 719. The molecule has 1 N–H and O–H groups in total. The highest BCUT2D eigenvalue weighted by Gasteiger charge is 2.21. The smallest absolute Gasteiger partial charge is 0.228 e. The fraction of sp³-hybridized carbons (Fsp3) is 0.412. The number of aromatic amines is 1. The lowest BCUT2D eigenvalue weighted by Gasteiger charge is -2.26. The molecule has 1 saturated heterocycles. The maximum atomic E-state index is 12.5. The number of H-pyrrole nitrogens is 1. The standard InChI is InChI=1S/C17H19Cl2N3O2/c1-11-17(24-14-8-12(18)7-13(19)9-14)15(21-20-11)10-16(23)22-5-3-2-4-6-22/h7-9H,2-6,10H2,1H3,(H,20,21). The van der Waals surface area contributed by atoms with Gasteiger partial charge in [-0.1, -0.05) is 23.2 Å². The summed E-state index contributed by atoms with van der Waals surface area (Å²) in [6.45, 7) is 3.48. The highest BCUT2D eigenvalue weighted by molar-refractivity contribution is 6.34. The number of carbonyl (C=O) groups is 1. The first-order valence-corrected chi connectivity index (χ1v) is 8.74. The van der Waals surface area contributed by atoms with E-state index in [2.05, 4.69) is 10.2 Å². The van der Waals surface area contributed by atoms with E-state index in [1.165, 1.54) is 6.42 Å². The van der Waals surface area contributed by atoms with Gasteiger partial charge in [-0.05, 0) is 44.4 Å². The van der Waals surface area contributed by atoms with Gasteiger partial charge in [-0.25, -0.2) is 0 Å². The maximum absolute atomic E-state index is 12.5. The molecule has 2 aromatic rings. The molecule has 24 heavy (non-hydrogen) atoms. The van der Waals surface area contributed by atoms with Gasteiger partial charge >= 0.3 is 0 Å². The monoisotopic (exact) mass is 367 g/mol. The van der Waals surface area contributed by atoms with Crippen LogP contribution >= 0.6 is 23.2 Å². The number of amides is 1. The van der Waals surface area contributed by atoms with E-state index < -0.39 is 0 Å².